The van der Waals surface area contributed by atoms with Crippen molar-refractivity contribution in [1.29, 1.82) is 0 Å². The van der Waals surface area contributed by atoms with Crippen molar-refractivity contribution in [1.82, 2.24) is 18.4 Å². The lowest BCUT2D eigenvalue weighted by molar-refractivity contribution is -0.137. The molecule has 0 saturated heterocycles. The second-order valence-electron chi connectivity index (χ2n) is 10.2. The first-order chi connectivity index (χ1) is 20.3. The highest BCUT2D eigenvalue weighted by Crippen LogP contribution is 2.35. The molecule has 9 nitrogen and oxygen atoms in total. The summed E-state index contributed by atoms with van der Waals surface area (Å²) in [6, 6.07) is 16.1. The molecule has 1 N–H and O–H groups in total. The number of carboxylic acid groups (broad SMARTS) is 1. The molecule has 0 radical (unpaired) electrons. The zero-order chi connectivity index (χ0) is 30.7. The Morgan fingerprint density at radius 1 is 1.00 bits per heavy atom. The Morgan fingerprint density at radius 2 is 1.74 bits per heavy atom. The van der Waals surface area contributed by atoms with E-state index in [0.717, 1.165) is 20.5 Å². The molecule has 4 heterocycles. The fourth-order valence-electron chi connectivity index (χ4n) is 5.30. The van der Waals surface area contributed by atoms with Gasteiger partial charge in [-0.05, 0) is 61.4 Å². The topological polar surface area (TPSA) is 115 Å². The molecule has 0 spiro atoms. The molecular formula is C30H23F3N4O5S. The van der Waals surface area contributed by atoms with Gasteiger partial charge in [0.1, 0.15) is 0 Å². The summed E-state index contributed by atoms with van der Waals surface area (Å²) in [5, 5.41) is 10.3. The first kappa shape index (κ1) is 28.2. The van der Waals surface area contributed by atoms with Crippen molar-refractivity contribution < 1.29 is 31.5 Å². The maximum absolute atomic E-state index is 14.0. The minimum absolute atomic E-state index is 0.0289. The summed E-state index contributed by atoms with van der Waals surface area (Å²) in [7, 11) is -4.17. The fourth-order valence-corrected chi connectivity index (χ4v) is 6.86. The van der Waals surface area contributed by atoms with Crippen molar-refractivity contribution in [2.24, 2.45) is 0 Å². The second-order valence-corrected chi connectivity index (χ2v) is 12.0. The molecule has 1 aliphatic heterocycles. The molecule has 13 heteroatoms. The van der Waals surface area contributed by atoms with Gasteiger partial charge in [0.15, 0.2) is 0 Å². The molecule has 1 aliphatic rings. The zero-order valence-corrected chi connectivity index (χ0v) is 23.4. The number of nitrogens with zero attached hydrogens (tertiary/aromatic N) is 4. The van der Waals surface area contributed by atoms with Crippen LogP contribution in [-0.4, -0.2) is 44.6 Å². The Kier molecular flexibility index (Phi) is 6.64. The summed E-state index contributed by atoms with van der Waals surface area (Å²) < 4.78 is 69.2. The Bertz CT molecular complexity index is 2070. The van der Waals surface area contributed by atoms with Crippen LogP contribution in [0.2, 0.25) is 0 Å². The van der Waals surface area contributed by atoms with E-state index in [1.54, 1.807) is 30.3 Å². The average Bonchev–Trinajstić information content (AvgIpc) is 3.30. The smallest absolute Gasteiger partial charge is 0.417 e. The van der Waals surface area contributed by atoms with Crippen molar-refractivity contribution in [2.75, 3.05) is 6.54 Å². The summed E-state index contributed by atoms with van der Waals surface area (Å²) in [6.45, 7) is 1.90. The molecular weight excluding hydrogens is 585 g/mol. The van der Waals surface area contributed by atoms with Crippen LogP contribution >= 0.6 is 0 Å². The number of benzene rings is 2. The number of carbonyl (C=O) groups is 1. The Labute approximate surface area is 243 Å². The molecule has 0 atom stereocenters. The van der Waals surface area contributed by atoms with Crippen LogP contribution in [-0.2, 0) is 29.2 Å². The number of alkyl halides is 3. The van der Waals surface area contributed by atoms with E-state index in [-0.39, 0.29) is 29.2 Å². The van der Waals surface area contributed by atoms with E-state index in [9.17, 15) is 36.3 Å². The van der Waals surface area contributed by atoms with Gasteiger partial charge in [0.2, 0.25) is 0 Å². The van der Waals surface area contributed by atoms with E-state index in [1.807, 2.05) is 6.92 Å². The first-order valence-corrected chi connectivity index (χ1v) is 14.5. The third kappa shape index (κ3) is 4.95. The standard InChI is InChI=1S/C30H23F3N4O5S/c1-18-2-6-22(7-3-18)43(41,42)37-26-15-21(5-8-23(26)24-11-12-35(29(39)40)17-27(24)37)36-13-10-19(14-28(36)38)25-9-4-20(16-34-25)30(31,32)33/h2-10,13-16H,11-12,17H2,1H3,(H,39,40). The van der Waals surface area contributed by atoms with Gasteiger partial charge < -0.3 is 10.0 Å². The van der Waals surface area contributed by atoms with Crippen LogP contribution in [0, 0.1) is 6.92 Å². The summed E-state index contributed by atoms with van der Waals surface area (Å²) in [5.74, 6) is 0. The minimum atomic E-state index is -4.54. The monoisotopic (exact) mass is 608 g/mol. The van der Waals surface area contributed by atoms with Crippen LogP contribution in [0.3, 0.4) is 0 Å². The van der Waals surface area contributed by atoms with Gasteiger partial charge in [0.05, 0.1) is 39.6 Å². The molecule has 2 aromatic carbocycles. The van der Waals surface area contributed by atoms with Crippen LogP contribution in [0.1, 0.15) is 22.4 Å². The van der Waals surface area contributed by atoms with E-state index in [2.05, 4.69) is 4.98 Å². The van der Waals surface area contributed by atoms with Gasteiger partial charge in [-0.3, -0.25) is 14.3 Å². The zero-order valence-electron chi connectivity index (χ0n) is 22.5. The van der Waals surface area contributed by atoms with Gasteiger partial charge in [-0.1, -0.05) is 23.8 Å². The number of fused-ring (bicyclic) bond motifs is 3. The maximum Gasteiger partial charge on any atom is 0.417 e. The van der Waals surface area contributed by atoms with Crippen molar-refractivity contribution in [2.45, 2.75) is 31.0 Å². The quantitative estimate of drug-likeness (QED) is 0.290. The van der Waals surface area contributed by atoms with Crippen LogP contribution in [0.4, 0.5) is 18.0 Å². The molecule has 0 aliphatic carbocycles. The third-order valence-electron chi connectivity index (χ3n) is 7.51. The van der Waals surface area contributed by atoms with Crippen molar-refractivity contribution in [3.05, 3.63) is 112 Å². The molecule has 1 amide bonds. The van der Waals surface area contributed by atoms with Crippen molar-refractivity contribution >= 4 is 27.0 Å². The molecule has 43 heavy (non-hydrogen) atoms. The van der Waals surface area contributed by atoms with Crippen LogP contribution in [0.5, 0.6) is 0 Å². The predicted octanol–water partition coefficient (Wildman–Crippen LogP) is 5.45. The number of pyridine rings is 2. The van der Waals surface area contributed by atoms with Gasteiger partial charge >= 0.3 is 12.3 Å². The SMILES string of the molecule is Cc1ccc(S(=O)(=O)n2c3c(c4ccc(-n5ccc(-c6ccc(C(F)(F)F)cn6)cc5=O)cc42)CCN(C(=O)O)C3)cc1. The molecule has 0 saturated carbocycles. The van der Waals surface area contributed by atoms with Gasteiger partial charge in [-0.15, -0.1) is 0 Å². The van der Waals surface area contributed by atoms with E-state index < -0.39 is 33.4 Å². The van der Waals surface area contributed by atoms with E-state index in [0.29, 0.717) is 40.5 Å². The Hall–Kier alpha value is -4.91. The predicted molar refractivity (Wildman–Crippen MR) is 152 cm³/mol. The number of amides is 1. The number of rotatable bonds is 4. The molecule has 0 fully saturated rings. The molecule has 3 aromatic heterocycles. The minimum Gasteiger partial charge on any atom is -0.465 e. The fraction of sp³-hybridized carbons (Fsp3) is 0.167. The Balaban J connectivity index is 1.48. The maximum atomic E-state index is 14.0. The lowest BCUT2D eigenvalue weighted by Crippen LogP contribution is -2.36. The summed E-state index contributed by atoms with van der Waals surface area (Å²) in [5.41, 5.74) is 1.61. The lowest BCUT2D eigenvalue weighted by atomic mass is 10.0. The van der Waals surface area contributed by atoms with Crippen molar-refractivity contribution in [3.63, 3.8) is 0 Å². The molecule has 0 unspecified atom stereocenters. The van der Waals surface area contributed by atoms with E-state index >= 15 is 0 Å². The van der Waals surface area contributed by atoms with E-state index in [4.69, 9.17) is 0 Å². The largest absolute Gasteiger partial charge is 0.465 e. The highest BCUT2D eigenvalue weighted by Gasteiger charge is 2.33. The van der Waals surface area contributed by atoms with E-state index in [1.165, 1.54) is 41.1 Å². The van der Waals surface area contributed by atoms with Crippen LogP contribution < -0.4 is 5.56 Å². The first-order valence-electron chi connectivity index (χ1n) is 13.1. The number of halogens is 3. The third-order valence-corrected chi connectivity index (χ3v) is 9.27. The number of aromatic nitrogens is 3. The highest BCUT2D eigenvalue weighted by molar-refractivity contribution is 7.90. The van der Waals surface area contributed by atoms with Crippen LogP contribution in [0.25, 0.3) is 27.8 Å². The van der Waals surface area contributed by atoms with Gasteiger partial charge in [-0.25, -0.2) is 17.2 Å². The normalized spacial score (nSPS) is 13.7. The van der Waals surface area contributed by atoms with Gasteiger partial charge in [0.25, 0.3) is 15.6 Å². The summed E-state index contributed by atoms with van der Waals surface area (Å²) in [6.07, 6.45) is -3.26. The number of hydrogen-bond acceptors (Lipinski definition) is 5. The molecule has 220 valence electrons. The van der Waals surface area contributed by atoms with Gasteiger partial charge in [-0.2, -0.15) is 13.2 Å². The average molecular weight is 609 g/mol. The van der Waals surface area contributed by atoms with Crippen molar-refractivity contribution in [3.8, 4) is 16.9 Å². The number of aryl methyl sites for hydroxylation is 1. The lowest BCUT2D eigenvalue weighted by Gasteiger charge is -2.26. The molecule has 6 rings (SSSR count). The summed E-state index contributed by atoms with van der Waals surface area (Å²) >= 11 is 0. The summed E-state index contributed by atoms with van der Waals surface area (Å²) in [4.78, 5) is 30.0. The number of hydrogen-bond donors (Lipinski definition) is 1. The second kappa shape index (κ2) is 10.1. The van der Waals surface area contributed by atoms with Crippen LogP contribution in [0.15, 0.2) is 88.8 Å². The molecule has 0 bridgehead atoms. The Morgan fingerprint density at radius 3 is 2.37 bits per heavy atom. The van der Waals surface area contributed by atoms with Gasteiger partial charge in [0, 0.05) is 36.0 Å². The highest BCUT2D eigenvalue weighted by atomic mass is 32.2. The molecule has 5 aromatic rings.